The van der Waals surface area contributed by atoms with Gasteiger partial charge in [0, 0.05) is 5.02 Å². The number of halogens is 3. The zero-order valence-electron chi connectivity index (χ0n) is 8.68. The molecule has 0 amide bonds. The van der Waals surface area contributed by atoms with Crippen LogP contribution >= 0.6 is 34.8 Å². The molecule has 1 unspecified atom stereocenters. The summed E-state index contributed by atoms with van der Waals surface area (Å²) < 4.78 is 4.57. The molecule has 0 spiro atoms. The van der Waals surface area contributed by atoms with E-state index in [0.29, 0.717) is 20.8 Å². The topological polar surface area (TPSA) is 38.3 Å². The minimum absolute atomic E-state index is 0.355. The van der Waals surface area contributed by atoms with Crippen LogP contribution in [0.25, 0.3) is 0 Å². The summed E-state index contributed by atoms with van der Waals surface area (Å²) in [4.78, 5) is 11.2. The number of carbonyl (C=O) groups excluding carboxylic acids is 1. The molecule has 88 valence electrons. The van der Waals surface area contributed by atoms with E-state index in [1.807, 2.05) is 0 Å². The average Bonchev–Trinajstić information content (AvgIpc) is 2.21. The predicted octanol–water partition coefficient (Wildman–Crippen LogP) is 3.62. The first-order valence-electron chi connectivity index (χ1n) is 4.44. The van der Waals surface area contributed by atoms with Gasteiger partial charge >= 0.3 is 5.97 Å². The zero-order chi connectivity index (χ0) is 12.3. The highest BCUT2D eigenvalue weighted by molar-refractivity contribution is 6.41. The van der Waals surface area contributed by atoms with Crippen molar-refractivity contribution in [2.24, 2.45) is 0 Å². The van der Waals surface area contributed by atoms with Crippen molar-refractivity contribution in [3.63, 3.8) is 0 Å². The third-order valence-electron chi connectivity index (χ3n) is 1.92. The highest BCUT2D eigenvalue weighted by atomic mass is 35.5. The maximum atomic E-state index is 11.2. The number of esters is 1. The number of ether oxygens (including phenoxy) is 1. The van der Waals surface area contributed by atoms with Gasteiger partial charge in [0.05, 0.1) is 22.8 Å². The smallest absolute Gasteiger partial charge is 0.327 e. The number of methoxy groups -OCH3 is 1. The Morgan fingerprint density at radius 1 is 1.31 bits per heavy atom. The highest BCUT2D eigenvalue weighted by Gasteiger charge is 2.16. The molecule has 6 heteroatoms. The molecule has 0 heterocycles. The SMILES string of the molecule is COC(=O)C(C)Nc1c(Cl)cc(Cl)cc1Cl. The van der Waals surface area contributed by atoms with Crippen LogP contribution in [0.2, 0.25) is 15.1 Å². The first-order valence-corrected chi connectivity index (χ1v) is 5.58. The number of rotatable bonds is 3. The van der Waals surface area contributed by atoms with Crippen LogP contribution in [0.4, 0.5) is 5.69 Å². The van der Waals surface area contributed by atoms with E-state index in [-0.39, 0.29) is 0 Å². The molecule has 16 heavy (non-hydrogen) atoms. The summed E-state index contributed by atoms with van der Waals surface area (Å²) in [6.45, 7) is 1.65. The zero-order valence-corrected chi connectivity index (χ0v) is 11.0. The summed E-state index contributed by atoms with van der Waals surface area (Å²) in [5.41, 5.74) is 0.464. The number of carbonyl (C=O) groups is 1. The van der Waals surface area contributed by atoms with Gasteiger partial charge in [0.15, 0.2) is 0 Å². The standard InChI is InChI=1S/C10H10Cl3NO2/c1-5(10(15)16-2)14-9-7(12)3-6(11)4-8(9)13/h3-5,14H,1-2H3. The molecular weight excluding hydrogens is 272 g/mol. The van der Waals surface area contributed by atoms with Gasteiger partial charge in [0.25, 0.3) is 0 Å². The molecule has 0 aliphatic rings. The number of hydrogen-bond acceptors (Lipinski definition) is 3. The highest BCUT2D eigenvalue weighted by Crippen LogP contribution is 2.34. The molecule has 0 saturated heterocycles. The summed E-state index contributed by atoms with van der Waals surface area (Å²) in [7, 11) is 1.31. The van der Waals surface area contributed by atoms with Crippen molar-refractivity contribution in [2.45, 2.75) is 13.0 Å². The molecule has 3 nitrogen and oxygen atoms in total. The van der Waals surface area contributed by atoms with E-state index in [9.17, 15) is 4.79 Å². The third-order valence-corrected chi connectivity index (χ3v) is 2.74. The normalized spacial score (nSPS) is 12.1. The van der Waals surface area contributed by atoms with Crippen molar-refractivity contribution >= 4 is 46.5 Å². The van der Waals surface area contributed by atoms with Crippen LogP contribution in [-0.2, 0) is 9.53 Å². The second-order valence-electron chi connectivity index (χ2n) is 3.13. The quantitative estimate of drug-likeness (QED) is 0.861. The van der Waals surface area contributed by atoms with Crippen molar-refractivity contribution in [1.29, 1.82) is 0 Å². The maximum Gasteiger partial charge on any atom is 0.327 e. The fourth-order valence-corrected chi connectivity index (χ4v) is 2.06. The first-order chi connectivity index (χ1) is 7.45. The summed E-state index contributed by atoms with van der Waals surface area (Å²) in [5, 5.41) is 4.01. The average molecular weight is 283 g/mol. The second kappa shape index (κ2) is 5.62. The van der Waals surface area contributed by atoms with Crippen LogP contribution in [0.3, 0.4) is 0 Å². The maximum absolute atomic E-state index is 11.2. The van der Waals surface area contributed by atoms with Gasteiger partial charge in [-0.3, -0.25) is 0 Å². The number of anilines is 1. The van der Waals surface area contributed by atoms with E-state index in [4.69, 9.17) is 34.8 Å². The molecule has 0 fully saturated rings. The molecule has 0 aliphatic carbocycles. The van der Waals surface area contributed by atoms with E-state index in [1.54, 1.807) is 19.1 Å². The van der Waals surface area contributed by atoms with Gasteiger partial charge in [-0.1, -0.05) is 34.8 Å². The lowest BCUT2D eigenvalue weighted by Crippen LogP contribution is -2.27. The third kappa shape index (κ3) is 3.17. The van der Waals surface area contributed by atoms with Crippen molar-refractivity contribution in [3.8, 4) is 0 Å². The lowest BCUT2D eigenvalue weighted by molar-refractivity contribution is -0.141. The fraction of sp³-hybridized carbons (Fsp3) is 0.300. The van der Waals surface area contributed by atoms with Crippen LogP contribution in [-0.4, -0.2) is 19.1 Å². The lowest BCUT2D eigenvalue weighted by atomic mass is 10.2. The van der Waals surface area contributed by atoms with E-state index in [2.05, 4.69) is 10.1 Å². The van der Waals surface area contributed by atoms with Crippen LogP contribution in [0.15, 0.2) is 12.1 Å². The summed E-state index contributed by atoms with van der Waals surface area (Å²) in [5.74, 6) is -0.401. The Hall–Kier alpha value is -0.640. The molecule has 0 bridgehead atoms. The molecule has 1 aromatic rings. The van der Waals surface area contributed by atoms with Gasteiger partial charge in [-0.25, -0.2) is 4.79 Å². The molecule has 0 radical (unpaired) electrons. The Balaban J connectivity index is 2.93. The van der Waals surface area contributed by atoms with Crippen LogP contribution in [0, 0.1) is 0 Å². The molecule has 1 atom stereocenters. The Morgan fingerprint density at radius 2 is 1.81 bits per heavy atom. The van der Waals surface area contributed by atoms with Crippen molar-refractivity contribution in [2.75, 3.05) is 12.4 Å². The fourth-order valence-electron chi connectivity index (χ4n) is 1.13. The number of hydrogen-bond donors (Lipinski definition) is 1. The Labute approximate surface area is 109 Å². The summed E-state index contributed by atoms with van der Waals surface area (Å²) >= 11 is 17.6. The number of benzene rings is 1. The molecular formula is C10H10Cl3NO2. The molecule has 0 aliphatic heterocycles. The van der Waals surface area contributed by atoms with Gasteiger partial charge in [-0.2, -0.15) is 0 Å². The van der Waals surface area contributed by atoms with E-state index >= 15 is 0 Å². The Kier molecular flexibility index (Phi) is 4.71. The van der Waals surface area contributed by atoms with Gasteiger partial charge in [-0.15, -0.1) is 0 Å². The van der Waals surface area contributed by atoms with Crippen LogP contribution < -0.4 is 5.32 Å². The van der Waals surface area contributed by atoms with Gasteiger partial charge in [0.1, 0.15) is 6.04 Å². The molecule has 1 rings (SSSR count). The monoisotopic (exact) mass is 281 g/mol. The minimum Gasteiger partial charge on any atom is -0.467 e. The van der Waals surface area contributed by atoms with Gasteiger partial charge in [-0.05, 0) is 19.1 Å². The second-order valence-corrected chi connectivity index (χ2v) is 4.38. The van der Waals surface area contributed by atoms with Crippen molar-refractivity contribution in [3.05, 3.63) is 27.2 Å². The Bertz CT molecular complexity index is 386. The van der Waals surface area contributed by atoms with Crippen molar-refractivity contribution in [1.82, 2.24) is 0 Å². The van der Waals surface area contributed by atoms with Crippen LogP contribution in [0.1, 0.15) is 6.92 Å². The molecule has 0 aromatic heterocycles. The summed E-state index contributed by atoms with van der Waals surface area (Å²) in [6, 6.07) is 2.55. The van der Waals surface area contributed by atoms with Gasteiger partial charge in [0.2, 0.25) is 0 Å². The van der Waals surface area contributed by atoms with E-state index in [0.717, 1.165) is 0 Å². The summed E-state index contributed by atoms with van der Waals surface area (Å²) in [6.07, 6.45) is 0. The molecule has 1 aromatic carbocycles. The first kappa shape index (κ1) is 13.4. The Morgan fingerprint density at radius 3 is 2.25 bits per heavy atom. The van der Waals surface area contributed by atoms with Crippen LogP contribution in [0.5, 0.6) is 0 Å². The van der Waals surface area contributed by atoms with E-state index in [1.165, 1.54) is 7.11 Å². The predicted molar refractivity (Wildman–Crippen MR) is 66.6 cm³/mol. The minimum atomic E-state index is -0.541. The van der Waals surface area contributed by atoms with E-state index < -0.39 is 12.0 Å². The number of nitrogens with one attached hydrogen (secondary N) is 1. The lowest BCUT2D eigenvalue weighted by Gasteiger charge is -2.15. The van der Waals surface area contributed by atoms with Gasteiger partial charge < -0.3 is 10.1 Å². The van der Waals surface area contributed by atoms with Crippen molar-refractivity contribution < 1.29 is 9.53 Å². The largest absolute Gasteiger partial charge is 0.467 e. The molecule has 0 saturated carbocycles. The molecule has 1 N–H and O–H groups in total.